The van der Waals surface area contributed by atoms with Gasteiger partial charge in [0.15, 0.2) is 69.8 Å². The summed E-state index contributed by atoms with van der Waals surface area (Å²) in [6.45, 7) is 5.41. The number of hydrogen-bond donors (Lipinski definition) is 0. The van der Waals surface area contributed by atoms with Gasteiger partial charge in [-0.2, -0.15) is 0 Å². The molecule has 0 atom stereocenters. The first-order valence-electron chi connectivity index (χ1n) is 15.5. The second-order valence-electron chi connectivity index (χ2n) is 11.9. The molecule has 3 saturated heterocycles. The number of allylic oxidation sites excluding steroid dienone is 1. The molecule has 340 valence electrons. The van der Waals surface area contributed by atoms with Crippen molar-refractivity contribution in [3.63, 3.8) is 0 Å². The number of rotatable bonds is 6. The molecule has 3 fully saturated rings. The maximum absolute atomic E-state index is 12.6. The topological polar surface area (TPSA) is 215 Å². The number of halogens is 15. The number of hydrogen-bond acceptors (Lipinski definition) is 14. The van der Waals surface area contributed by atoms with Gasteiger partial charge >= 0.3 is 8.41 Å². The van der Waals surface area contributed by atoms with Gasteiger partial charge in [-0.3, -0.25) is 9.59 Å². The zero-order valence-electron chi connectivity index (χ0n) is 29.6. The Hall–Kier alpha value is -5.38. The Morgan fingerprint density at radius 1 is 0.365 bits per heavy atom. The minimum atomic E-state index is -5.77. The van der Waals surface area contributed by atoms with Gasteiger partial charge in [0.25, 0.3) is 0 Å². The van der Waals surface area contributed by atoms with Gasteiger partial charge in [0.05, 0.1) is 5.70 Å². The minimum Gasteiger partial charge on any atom is -0.744 e. The van der Waals surface area contributed by atoms with Crippen molar-refractivity contribution in [2.24, 2.45) is 0 Å². The average molecular weight is 983 g/mol. The van der Waals surface area contributed by atoms with Crippen LogP contribution in [0.25, 0.3) is 0 Å². The van der Waals surface area contributed by atoms with E-state index in [0.717, 1.165) is 39.3 Å². The van der Waals surface area contributed by atoms with E-state index in [2.05, 4.69) is 0 Å². The van der Waals surface area contributed by atoms with Crippen molar-refractivity contribution >= 4 is 50.3 Å². The molecule has 3 aliphatic heterocycles. The van der Waals surface area contributed by atoms with E-state index in [4.69, 9.17) is 0 Å². The molecule has 0 bridgehead atoms. The van der Waals surface area contributed by atoms with Crippen molar-refractivity contribution in [1.29, 1.82) is 0 Å². The molecule has 0 N–H and O–H groups in total. The summed E-state index contributed by atoms with van der Waals surface area (Å²) < 4.78 is 279. The molecule has 63 heavy (non-hydrogen) atoms. The monoisotopic (exact) mass is 983 g/mol. The van der Waals surface area contributed by atoms with E-state index < -0.39 is 132 Å². The van der Waals surface area contributed by atoms with Crippen molar-refractivity contribution in [2.45, 2.75) is 14.7 Å². The maximum Gasteiger partial charge on any atom is 3.00 e. The van der Waals surface area contributed by atoms with Crippen LogP contribution in [0, 0.1) is 87.3 Å². The second kappa shape index (κ2) is 18.4. The molecule has 4 aliphatic rings. The Kier molecular flexibility index (Phi) is 15.2. The second-order valence-corrected chi connectivity index (χ2v) is 15.9. The zero-order valence-corrected chi connectivity index (χ0v) is 32.1. The van der Waals surface area contributed by atoms with Crippen LogP contribution < -0.4 is 0 Å². The average Bonchev–Trinajstić information content (AvgIpc) is 3.98. The molecule has 0 unspecified atom stereocenters. The van der Waals surface area contributed by atoms with Gasteiger partial charge in [-0.05, 0) is 0 Å². The van der Waals surface area contributed by atoms with E-state index in [-0.39, 0.29) is 20.0 Å². The predicted molar refractivity (Wildman–Crippen MR) is 168 cm³/mol. The van der Waals surface area contributed by atoms with E-state index in [1.807, 2.05) is 14.7 Å². The molecule has 3 aromatic rings. The Balaban J connectivity index is 0.000000223. The van der Waals surface area contributed by atoms with Crippen molar-refractivity contribution < 1.29 is 114 Å². The third kappa shape index (κ3) is 10.7. The normalized spacial score (nSPS) is 15.7. The molecule has 3 heterocycles. The minimum absolute atomic E-state index is 0. The smallest absolute Gasteiger partial charge is 0.744 e. The number of nitrogens with zero attached hydrogens (tertiary/aromatic N) is 3. The Bertz CT molecular complexity index is 2540. The molecule has 0 saturated carbocycles. The number of carbonyl (C=O) groups is 2. The quantitative estimate of drug-likeness (QED) is 0.0661. The van der Waals surface area contributed by atoms with Gasteiger partial charge < -0.3 is 28.4 Å². The standard InChI is InChI=1S/C12H13N3O2.3C6HF5O3S.B/c16-9-7-8(13-1-2-13)12(17)11(15-5-6-15)10(9)14-3-4-14;3*7-1-2(8)4(10)6(15(12,13)14)5(11)3(1)9;/h7H,1-6H2;3*(H,12,13,14);/q;;;;+3/p-3. The SMILES string of the molecule is O=C1C=C(N2CC2)C(=O)C(N2CC2)=C1N1CC1.O=S(=O)([O-])c1c(F)c(F)c(F)c(F)c1F.O=S(=O)([O-])c1c(F)c(F)c(F)c(F)c1F.O=S(=O)([O-])c1c(F)c(F)c(F)c(F)c1F.[B+3]. The van der Waals surface area contributed by atoms with Gasteiger partial charge in [0, 0.05) is 45.3 Å². The van der Waals surface area contributed by atoms with Crippen molar-refractivity contribution in [2.75, 3.05) is 39.3 Å². The number of Topliss-reactive ketones (excluding diaryl/α,β-unsaturated/α-hetero) is 1. The van der Waals surface area contributed by atoms with Gasteiger partial charge in [0.1, 0.15) is 56.4 Å². The summed E-state index contributed by atoms with van der Waals surface area (Å²) in [5, 5.41) is 0. The molecular formula is C30H13BF15N3O11S3. The van der Waals surface area contributed by atoms with Gasteiger partial charge in [-0.15, -0.1) is 0 Å². The molecule has 3 aromatic carbocycles. The maximum atomic E-state index is 12.6. The largest absolute Gasteiger partial charge is 3.00 e. The first-order chi connectivity index (χ1) is 28.3. The molecule has 14 nitrogen and oxygen atoms in total. The molecular weight excluding hydrogens is 970 g/mol. The van der Waals surface area contributed by atoms with Crippen LogP contribution in [0.5, 0.6) is 0 Å². The van der Waals surface area contributed by atoms with Crippen LogP contribution in [0.3, 0.4) is 0 Å². The van der Waals surface area contributed by atoms with Crippen LogP contribution in [0.1, 0.15) is 0 Å². The zero-order chi connectivity index (χ0) is 47.5. The van der Waals surface area contributed by atoms with Crippen molar-refractivity contribution in [3.05, 3.63) is 110 Å². The van der Waals surface area contributed by atoms with Crippen LogP contribution in [0.4, 0.5) is 65.9 Å². The van der Waals surface area contributed by atoms with Crippen LogP contribution >= 0.6 is 0 Å². The van der Waals surface area contributed by atoms with Gasteiger partial charge in [-0.1, -0.05) is 0 Å². The first kappa shape index (κ1) is 52.0. The van der Waals surface area contributed by atoms with Crippen LogP contribution in [-0.2, 0) is 39.9 Å². The van der Waals surface area contributed by atoms with Gasteiger partial charge in [0.2, 0.25) is 29.0 Å². The molecule has 0 aromatic heterocycles. The number of carbonyl (C=O) groups excluding carboxylic acids is 2. The van der Waals surface area contributed by atoms with E-state index in [1.54, 1.807) is 0 Å². The van der Waals surface area contributed by atoms with E-state index in [1.165, 1.54) is 6.08 Å². The summed E-state index contributed by atoms with van der Waals surface area (Å²) in [6, 6.07) is 0. The first-order valence-corrected chi connectivity index (χ1v) is 19.7. The summed E-state index contributed by atoms with van der Waals surface area (Å²) in [5.74, 6) is -38.4. The van der Waals surface area contributed by atoms with Crippen molar-refractivity contribution in [1.82, 2.24) is 14.7 Å². The third-order valence-corrected chi connectivity index (χ3v) is 10.3. The number of benzene rings is 3. The summed E-state index contributed by atoms with van der Waals surface area (Å²) in [4.78, 5) is 23.3. The molecule has 0 spiro atoms. The summed E-state index contributed by atoms with van der Waals surface area (Å²) in [7, 11) is -17.3. The molecule has 0 amide bonds. The molecule has 1 aliphatic carbocycles. The fourth-order valence-corrected chi connectivity index (χ4v) is 6.54. The van der Waals surface area contributed by atoms with Crippen molar-refractivity contribution in [3.8, 4) is 0 Å². The van der Waals surface area contributed by atoms with Crippen LogP contribution in [0.15, 0.2) is 37.9 Å². The fraction of sp³-hybridized carbons (Fsp3) is 0.200. The molecule has 0 radical (unpaired) electrons. The van der Waals surface area contributed by atoms with E-state index in [9.17, 15) is 114 Å². The van der Waals surface area contributed by atoms with Gasteiger partial charge in [-0.25, -0.2) is 91.1 Å². The fourth-order valence-electron chi connectivity index (χ4n) is 4.69. The Labute approximate surface area is 343 Å². The van der Waals surface area contributed by atoms with Crippen LogP contribution in [-0.4, -0.2) is 113 Å². The third-order valence-electron chi connectivity index (χ3n) is 7.75. The Morgan fingerprint density at radius 3 is 0.778 bits per heavy atom. The predicted octanol–water partition coefficient (Wildman–Crippen LogP) is 2.66. The van der Waals surface area contributed by atoms with E-state index >= 15 is 0 Å². The molecule has 33 heteroatoms. The molecule has 7 rings (SSSR count). The summed E-state index contributed by atoms with van der Waals surface area (Å²) >= 11 is 0. The number of ketones is 2. The Morgan fingerprint density at radius 2 is 0.571 bits per heavy atom. The van der Waals surface area contributed by atoms with Crippen LogP contribution in [0.2, 0.25) is 0 Å². The summed E-state index contributed by atoms with van der Waals surface area (Å²) in [6.07, 6.45) is 1.52. The van der Waals surface area contributed by atoms with E-state index in [0.29, 0.717) is 17.1 Å². The summed E-state index contributed by atoms with van der Waals surface area (Å²) in [5.41, 5.74) is 1.89.